The van der Waals surface area contributed by atoms with E-state index in [1.807, 2.05) is 89.8 Å². The number of nitrogens with zero attached hydrogens (tertiary/aromatic N) is 1. The van der Waals surface area contributed by atoms with Gasteiger partial charge in [-0.05, 0) is 111 Å². The fourth-order valence-corrected chi connectivity index (χ4v) is 8.67. The number of ether oxygens (including phenoxy) is 3. The normalized spacial score (nSPS) is 11.7. The van der Waals surface area contributed by atoms with Crippen molar-refractivity contribution >= 4 is 44.1 Å². The van der Waals surface area contributed by atoms with Crippen molar-refractivity contribution < 1.29 is 23.8 Å². The number of fused-ring (bicyclic) bond motifs is 3. The van der Waals surface area contributed by atoms with E-state index >= 15 is 0 Å². The van der Waals surface area contributed by atoms with Crippen LogP contribution in [0.5, 0.6) is 17.2 Å². The Hall–Kier alpha value is -7.16. The highest BCUT2D eigenvalue weighted by Gasteiger charge is 2.22. The Morgan fingerprint density at radius 3 is 2.00 bits per heavy atom. The zero-order valence-electron chi connectivity index (χ0n) is 37.3. The van der Waals surface area contributed by atoms with E-state index in [2.05, 4.69) is 95.6 Å². The van der Waals surface area contributed by atoms with E-state index in [-0.39, 0.29) is 18.2 Å². The zero-order valence-corrected chi connectivity index (χ0v) is 37.3. The van der Waals surface area contributed by atoms with Gasteiger partial charge in [0.1, 0.15) is 17.2 Å². The highest BCUT2D eigenvalue weighted by Crippen LogP contribution is 2.34. The summed E-state index contributed by atoms with van der Waals surface area (Å²) < 4.78 is 17.4. The van der Waals surface area contributed by atoms with Crippen LogP contribution < -0.4 is 24.8 Å². The van der Waals surface area contributed by atoms with Gasteiger partial charge in [-0.3, -0.25) is 9.59 Å². The second-order valence-electron chi connectivity index (χ2n) is 16.4. The molecule has 0 aliphatic heterocycles. The van der Waals surface area contributed by atoms with Gasteiger partial charge in [0.2, 0.25) is 11.8 Å². The Morgan fingerprint density at radius 1 is 0.600 bits per heavy atom. The third-order valence-electron chi connectivity index (χ3n) is 12.0. The number of rotatable bonds is 21. The Bertz CT molecular complexity index is 2790. The Morgan fingerprint density at radius 2 is 1.28 bits per heavy atom. The van der Waals surface area contributed by atoms with Crippen molar-refractivity contribution in [1.82, 2.24) is 15.5 Å². The number of carbonyl (C=O) groups is 2. The van der Waals surface area contributed by atoms with Gasteiger partial charge in [0.05, 0.1) is 33.3 Å². The maximum Gasteiger partial charge on any atom is 0.225 e. The number of nitrogens with one attached hydrogen (secondary N) is 2. The molecule has 8 aromatic rings. The molecule has 8 nitrogen and oxygen atoms in total. The summed E-state index contributed by atoms with van der Waals surface area (Å²) in [4.78, 5) is 29.3. The van der Waals surface area contributed by atoms with E-state index in [4.69, 9.17) is 14.2 Å². The SMILES string of the molecule is COc1ccc(C(NC(=O)Cc2ccc3ccccc3c2)c2ccc(OCCCC(=O)N(CCNCCCc3c4ccccc4cc4ccccc34)Cc3ccccc3)cc2)c(OC)c1. The first-order chi connectivity index (χ1) is 31.9. The summed E-state index contributed by atoms with van der Waals surface area (Å²) in [5.41, 5.74) is 5.11. The molecule has 0 aliphatic rings. The van der Waals surface area contributed by atoms with Crippen LogP contribution in [0.3, 0.4) is 0 Å². The molecular weight excluding hydrogens is 807 g/mol. The Balaban J connectivity index is 0.854. The average molecular weight is 864 g/mol. The van der Waals surface area contributed by atoms with Crippen LogP contribution in [0.15, 0.2) is 170 Å². The largest absolute Gasteiger partial charge is 0.497 e. The third-order valence-corrected chi connectivity index (χ3v) is 12.0. The first kappa shape index (κ1) is 44.4. The minimum absolute atomic E-state index is 0.104. The number of carbonyl (C=O) groups excluding carboxylic acids is 2. The van der Waals surface area contributed by atoms with Crippen LogP contribution in [0.4, 0.5) is 0 Å². The molecule has 330 valence electrons. The molecule has 2 N–H and O–H groups in total. The summed E-state index contributed by atoms with van der Waals surface area (Å²) in [6.45, 7) is 3.15. The molecule has 0 bridgehead atoms. The lowest BCUT2D eigenvalue weighted by molar-refractivity contribution is -0.132. The van der Waals surface area contributed by atoms with Crippen LogP contribution >= 0.6 is 0 Å². The van der Waals surface area contributed by atoms with Gasteiger partial charge in [-0.1, -0.05) is 133 Å². The molecule has 2 amide bonds. The van der Waals surface area contributed by atoms with Gasteiger partial charge in [-0.15, -0.1) is 0 Å². The number of hydrogen-bond donors (Lipinski definition) is 2. The minimum atomic E-state index is -0.495. The molecule has 8 heteroatoms. The van der Waals surface area contributed by atoms with E-state index in [1.54, 1.807) is 14.2 Å². The number of amides is 2. The van der Waals surface area contributed by atoms with Crippen molar-refractivity contribution in [3.8, 4) is 17.2 Å². The second-order valence-corrected chi connectivity index (χ2v) is 16.4. The minimum Gasteiger partial charge on any atom is -0.497 e. The fourth-order valence-electron chi connectivity index (χ4n) is 8.67. The molecular formula is C57H57N3O5. The predicted octanol–water partition coefficient (Wildman–Crippen LogP) is 11.0. The smallest absolute Gasteiger partial charge is 0.225 e. The molecule has 0 fully saturated rings. The molecule has 0 aliphatic carbocycles. The van der Waals surface area contributed by atoms with Crippen LogP contribution in [0.1, 0.15) is 53.1 Å². The highest BCUT2D eigenvalue weighted by atomic mass is 16.5. The van der Waals surface area contributed by atoms with E-state index < -0.39 is 6.04 Å². The summed E-state index contributed by atoms with van der Waals surface area (Å²) in [5.74, 6) is 1.94. The van der Waals surface area contributed by atoms with Crippen molar-refractivity contribution in [1.29, 1.82) is 0 Å². The van der Waals surface area contributed by atoms with Gasteiger partial charge in [0.25, 0.3) is 0 Å². The maximum atomic E-state index is 13.7. The van der Waals surface area contributed by atoms with Crippen LogP contribution in [-0.2, 0) is 29.0 Å². The molecule has 1 atom stereocenters. The van der Waals surface area contributed by atoms with Gasteiger partial charge >= 0.3 is 0 Å². The summed E-state index contributed by atoms with van der Waals surface area (Å²) >= 11 is 0. The van der Waals surface area contributed by atoms with Crippen LogP contribution in [-0.4, -0.2) is 57.2 Å². The van der Waals surface area contributed by atoms with Gasteiger partial charge in [-0.25, -0.2) is 0 Å². The predicted molar refractivity (Wildman–Crippen MR) is 263 cm³/mol. The summed E-state index contributed by atoms with van der Waals surface area (Å²) in [6, 6.07) is 56.9. The molecule has 8 rings (SSSR count). The maximum absolute atomic E-state index is 13.7. The van der Waals surface area contributed by atoms with Gasteiger partial charge in [0.15, 0.2) is 0 Å². The highest BCUT2D eigenvalue weighted by molar-refractivity contribution is 6.02. The molecule has 0 heterocycles. The second kappa shape index (κ2) is 22.0. The molecule has 0 saturated carbocycles. The zero-order chi connectivity index (χ0) is 44.8. The van der Waals surface area contributed by atoms with Gasteiger partial charge < -0.3 is 29.7 Å². The first-order valence-electron chi connectivity index (χ1n) is 22.6. The monoisotopic (exact) mass is 863 g/mol. The quantitative estimate of drug-likeness (QED) is 0.0553. The molecule has 0 radical (unpaired) electrons. The lowest BCUT2D eigenvalue weighted by atomic mass is 9.94. The van der Waals surface area contributed by atoms with Gasteiger partial charge in [0, 0.05) is 37.7 Å². The van der Waals surface area contributed by atoms with Crippen molar-refractivity contribution in [3.05, 3.63) is 198 Å². The topological polar surface area (TPSA) is 89.1 Å². The molecule has 8 aromatic carbocycles. The lowest BCUT2D eigenvalue weighted by Crippen LogP contribution is -2.36. The number of hydrogen-bond acceptors (Lipinski definition) is 6. The van der Waals surface area contributed by atoms with E-state index in [0.717, 1.165) is 52.4 Å². The number of benzene rings is 8. The number of aryl methyl sites for hydroxylation is 1. The molecule has 0 saturated heterocycles. The standard InChI is InChI=1S/C57H57N3O5/c1-63-49-30-31-53(54(39-49)64-2)57(59-55(61)37-42-24-25-43-16-6-7-17-45(43)36-42)44-26-28-48(29-27-44)65-35-13-23-56(62)60(40-41-14-4-3-5-15-41)34-33-58-32-12-22-52-50-20-10-8-18-46(50)38-47-19-9-11-21-51(47)52/h3-11,14-21,24-31,36,38-39,57-58H,12-13,22-23,32-35,37,40H2,1-2H3,(H,59,61). The van der Waals surface area contributed by atoms with Crippen molar-refractivity contribution in [2.45, 2.75) is 44.7 Å². The van der Waals surface area contributed by atoms with Crippen molar-refractivity contribution in [2.24, 2.45) is 0 Å². The van der Waals surface area contributed by atoms with Crippen molar-refractivity contribution in [2.75, 3.05) is 40.5 Å². The first-order valence-corrected chi connectivity index (χ1v) is 22.6. The summed E-state index contributed by atoms with van der Waals surface area (Å²) in [6.07, 6.45) is 3.16. The molecule has 0 spiro atoms. The third kappa shape index (κ3) is 11.5. The molecule has 65 heavy (non-hydrogen) atoms. The van der Waals surface area contributed by atoms with Crippen molar-refractivity contribution in [3.63, 3.8) is 0 Å². The molecule has 0 aromatic heterocycles. The van der Waals surface area contributed by atoms with Crippen LogP contribution in [0.25, 0.3) is 32.3 Å². The van der Waals surface area contributed by atoms with E-state index in [1.165, 1.54) is 27.1 Å². The van der Waals surface area contributed by atoms with Gasteiger partial charge in [-0.2, -0.15) is 0 Å². The Labute approximate surface area is 382 Å². The average Bonchev–Trinajstić information content (AvgIpc) is 3.35. The lowest BCUT2D eigenvalue weighted by Gasteiger charge is -2.23. The Kier molecular flexibility index (Phi) is 15.0. The number of methoxy groups -OCH3 is 2. The summed E-state index contributed by atoms with van der Waals surface area (Å²) in [5, 5.41) is 14.3. The van der Waals surface area contributed by atoms with E-state index in [9.17, 15) is 9.59 Å². The van der Waals surface area contributed by atoms with Crippen LogP contribution in [0.2, 0.25) is 0 Å². The molecule has 1 unspecified atom stereocenters. The summed E-state index contributed by atoms with van der Waals surface area (Å²) in [7, 11) is 3.23. The van der Waals surface area contributed by atoms with Crippen LogP contribution in [0, 0.1) is 0 Å². The van der Waals surface area contributed by atoms with E-state index in [0.29, 0.717) is 56.3 Å². The fraction of sp³-hybridized carbons (Fsp3) is 0.228.